The molecule has 1 unspecified atom stereocenters. The molecular weight excluding hydrogens is 142 g/mol. The van der Waals surface area contributed by atoms with Crippen molar-refractivity contribution in [3.8, 4) is 0 Å². The van der Waals surface area contributed by atoms with Crippen molar-refractivity contribution in [2.24, 2.45) is 5.92 Å². The molecule has 1 aliphatic carbocycles. The second kappa shape index (κ2) is 3.72. The number of nitrogens with one attached hydrogen (secondary N) is 1. The van der Waals surface area contributed by atoms with Crippen LogP contribution in [0.5, 0.6) is 0 Å². The fourth-order valence-corrected chi connectivity index (χ4v) is 0.844. The highest BCUT2D eigenvalue weighted by molar-refractivity contribution is 5.79. The molecule has 64 valence electrons. The van der Waals surface area contributed by atoms with Gasteiger partial charge < -0.3 is 10.1 Å². The van der Waals surface area contributed by atoms with E-state index in [1.807, 2.05) is 0 Å². The van der Waals surface area contributed by atoms with Crippen LogP contribution in [-0.4, -0.2) is 25.7 Å². The molecule has 0 heterocycles. The van der Waals surface area contributed by atoms with Crippen LogP contribution in [-0.2, 0) is 9.53 Å². The number of amides is 1. The third-order valence-electron chi connectivity index (χ3n) is 1.89. The molecule has 0 saturated heterocycles. The highest BCUT2D eigenvalue weighted by Gasteiger charge is 2.23. The second-order valence-corrected chi connectivity index (χ2v) is 3.03. The van der Waals surface area contributed by atoms with Crippen molar-refractivity contribution in [3.05, 3.63) is 0 Å². The quantitative estimate of drug-likeness (QED) is 0.647. The van der Waals surface area contributed by atoms with E-state index in [0.717, 1.165) is 12.5 Å². The van der Waals surface area contributed by atoms with Crippen molar-refractivity contribution < 1.29 is 9.53 Å². The Morgan fingerprint density at radius 2 is 2.36 bits per heavy atom. The van der Waals surface area contributed by atoms with E-state index in [1.54, 1.807) is 14.0 Å². The standard InChI is InChI=1S/C8H15NO2/c1-6(8(10)9-2)11-5-7-3-4-7/h6-7H,3-5H2,1-2H3,(H,9,10). The van der Waals surface area contributed by atoms with Crippen molar-refractivity contribution in [2.45, 2.75) is 25.9 Å². The summed E-state index contributed by atoms with van der Waals surface area (Å²) in [7, 11) is 1.62. The molecule has 0 bridgehead atoms. The Balaban J connectivity index is 2.08. The molecule has 0 aromatic rings. The minimum Gasteiger partial charge on any atom is -0.368 e. The third-order valence-corrected chi connectivity index (χ3v) is 1.89. The lowest BCUT2D eigenvalue weighted by Crippen LogP contribution is -2.32. The topological polar surface area (TPSA) is 38.3 Å². The summed E-state index contributed by atoms with van der Waals surface area (Å²) < 4.78 is 5.31. The smallest absolute Gasteiger partial charge is 0.248 e. The van der Waals surface area contributed by atoms with Gasteiger partial charge in [-0.25, -0.2) is 0 Å². The van der Waals surface area contributed by atoms with Crippen LogP contribution < -0.4 is 5.32 Å². The minimum absolute atomic E-state index is 0.0364. The number of likely N-dealkylation sites (N-methyl/N-ethyl adjacent to an activating group) is 1. The number of hydrogen-bond donors (Lipinski definition) is 1. The van der Waals surface area contributed by atoms with Crippen LogP contribution >= 0.6 is 0 Å². The molecule has 1 rings (SSSR count). The van der Waals surface area contributed by atoms with Gasteiger partial charge in [-0.3, -0.25) is 4.79 Å². The van der Waals surface area contributed by atoms with Gasteiger partial charge in [-0.2, -0.15) is 0 Å². The molecular formula is C8H15NO2. The van der Waals surface area contributed by atoms with Gasteiger partial charge in [0.05, 0.1) is 6.61 Å². The third kappa shape index (κ3) is 2.89. The molecule has 1 amide bonds. The van der Waals surface area contributed by atoms with Gasteiger partial charge in [0.15, 0.2) is 0 Å². The number of carbonyl (C=O) groups excluding carboxylic acids is 1. The van der Waals surface area contributed by atoms with Crippen LogP contribution in [0.1, 0.15) is 19.8 Å². The highest BCUT2D eigenvalue weighted by atomic mass is 16.5. The number of hydrogen-bond acceptors (Lipinski definition) is 2. The maximum Gasteiger partial charge on any atom is 0.248 e. The van der Waals surface area contributed by atoms with Crippen molar-refractivity contribution in [1.29, 1.82) is 0 Å². The summed E-state index contributed by atoms with van der Waals surface area (Å²) >= 11 is 0. The number of ether oxygens (including phenoxy) is 1. The van der Waals surface area contributed by atoms with Crippen LogP contribution in [0.3, 0.4) is 0 Å². The summed E-state index contributed by atoms with van der Waals surface area (Å²) in [5.74, 6) is 0.688. The molecule has 1 saturated carbocycles. The Morgan fingerprint density at radius 1 is 1.73 bits per heavy atom. The zero-order valence-corrected chi connectivity index (χ0v) is 7.09. The molecule has 0 aromatic carbocycles. The first kappa shape index (κ1) is 8.53. The molecule has 1 fully saturated rings. The Kier molecular flexibility index (Phi) is 2.88. The van der Waals surface area contributed by atoms with Gasteiger partial charge in [-0.15, -0.1) is 0 Å². The first-order valence-corrected chi connectivity index (χ1v) is 4.07. The van der Waals surface area contributed by atoms with Crippen LogP contribution in [0.2, 0.25) is 0 Å². The number of rotatable bonds is 4. The average molecular weight is 157 g/mol. The van der Waals surface area contributed by atoms with Crippen LogP contribution in [0.4, 0.5) is 0 Å². The van der Waals surface area contributed by atoms with E-state index in [2.05, 4.69) is 5.32 Å². The first-order valence-electron chi connectivity index (χ1n) is 4.07. The van der Waals surface area contributed by atoms with Gasteiger partial charge in [-0.05, 0) is 25.7 Å². The molecule has 11 heavy (non-hydrogen) atoms. The number of carbonyl (C=O) groups is 1. The van der Waals surface area contributed by atoms with Crippen LogP contribution in [0, 0.1) is 5.92 Å². The van der Waals surface area contributed by atoms with E-state index in [-0.39, 0.29) is 12.0 Å². The van der Waals surface area contributed by atoms with Crippen LogP contribution in [0.15, 0.2) is 0 Å². The lowest BCUT2D eigenvalue weighted by atomic mass is 10.3. The Labute approximate surface area is 67.1 Å². The van der Waals surface area contributed by atoms with Gasteiger partial charge in [0.25, 0.3) is 0 Å². The summed E-state index contributed by atoms with van der Waals surface area (Å²) in [6.07, 6.45) is 2.24. The minimum atomic E-state index is -0.291. The Morgan fingerprint density at radius 3 is 2.82 bits per heavy atom. The summed E-state index contributed by atoms with van der Waals surface area (Å²) in [5.41, 5.74) is 0. The fourth-order valence-electron chi connectivity index (χ4n) is 0.844. The van der Waals surface area contributed by atoms with Crippen molar-refractivity contribution in [1.82, 2.24) is 5.32 Å². The molecule has 1 aliphatic rings. The normalized spacial score (nSPS) is 19.5. The zero-order valence-electron chi connectivity index (χ0n) is 7.09. The Bertz CT molecular complexity index is 143. The van der Waals surface area contributed by atoms with Gasteiger partial charge in [0.1, 0.15) is 6.10 Å². The SMILES string of the molecule is CNC(=O)C(C)OCC1CC1. The molecule has 0 radical (unpaired) electrons. The monoisotopic (exact) mass is 157 g/mol. The lowest BCUT2D eigenvalue weighted by molar-refractivity contribution is -0.131. The van der Waals surface area contributed by atoms with E-state index < -0.39 is 0 Å². The molecule has 3 heteroatoms. The molecule has 1 atom stereocenters. The predicted molar refractivity (Wildman–Crippen MR) is 42.2 cm³/mol. The lowest BCUT2D eigenvalue weighted by Gasteiger charge is -2.10. The molecule has 0 aliphatic heterocycles. The Hall–Kier alpha value is -0.570. The van der Waals surface area contributed by atoms with E-state index in [0.29, 0.717) is 0 Å². The van der Waals surface area contributed by atoms with Gasteiger partial charge in [-0.1, -0.05) is 0 Å². The summed E-state index contributed by atoms with van der Waals surface area (Å²) in [5, 5.41) is 2.54. The summed E-state index contributed by atoms with van der Waals surface area (Å²) in [6.45, 7) is 2.52. The maximum atomic E-state index is 10.9. The molecule has 3 nitrogen and oxygen atoms in total. The van der Waals surface area contributed by atoms with E-state index in [4.69, 9.17) is 4.74 Å². The predicted octanol–water partition coefficient (Wildman–Crippen LogP) is 0.547. The van der Waals surface area contributed by atoms with Gasteiger partial charge >= 0.3 is 0 Å². The van der Waals surface area contributed by atoms with E-state index in [9.17, 15) is 4.79 Å². The average Bonchev–Trinajstić information content (AvgIpc) is 2.81. The van der Waals surface area contributed by atoms with E-state index in [1.165, 1.54) is 12.8 Å². The summed E-state index contributed by atoms with van der Waals surface area (Å²) in [6, 6.07) is 0. The maximum absolute atomic E-state index is 10.9. The fraction of sp³-hybridized carbons (Fsp3) is 0.875. The van der Waals surface area contributed by atoms with Crippen molar-refractivity contribution in [3.63, 3.8) is 0 Å². The largest absolute Gasteiger partial charge is 0.368 e. The molecule has 0 spiro atoms. The van der Waals surface area contributed by atoms with Gasteiger partial charge in [0, 0.05) is 7.05 Å². The highest BCUT2D eigenvalue weighted by Crippen LogP contribution is 2.29. The van der Waals surface area contributed by atoms with Crippen molar-refractivity contribution >= 4 is 5.91 Å². The molecule has 0 aromatic heterocycles. The summed E-state index contributed by atoms with van der Waals surface area (Å²) in [4.78, 5) is 10.9. The second-order valence-electron chi connectivity index (χ2n) is 3.03. The first-order chi connectivity index (χ1) is 5.24. The van der Waals surface area contributed by atoms with E-state index >= 15 is 0 Å². The zero-order chi connectivity index (χ0) is 8.27. The molecule has 1 N–H and O–H groups in total. The van der Waals surface area contributed by atoms with Gasteiger partial charge in [0.2, 0.25) is 5.91 Å². The van der Waals surface area contributed by atoms with Crippen LogP contribution in [0.25, 0.3) is 0 Å². The van der Waals surface area contributed by atoms with Crippen molar-refractivity contribution in [2.75, 3.05) is 13.7 Å².